The molecule has 2 saturated heterocycles. The maximum absolute atomic E-state index is 14.5. The standard InChI is InChI=1S/C52H67F2N11O8S/c1-32-30-63(51(69)40-29-57-65-21-15-44(60-48(40)65)58-33(2)39-28-38(54)11-12-43(39)73-32)22-17-56-45(66)16-24-71-26-27-72-25-23-62-19-13-35(14-20-62)46(61-49(68)34(3)55-4)52(70)64-18-5-6-42(64)50-59-41(31-74-50)47(67)36-7-9-37(53)10-8-36/h7-12,15,21,28-29,32-35,41-42,46,55H,5-6,13-14,16-20,22-27,30-31H2,1-4H3,(H,56,66)(H,58,60)(H,61,68)/t32-,33?,34-,41?,42-,46-/m0/s1. The van der Waals surface area contributed by atoms with Crippen LogP contribution in [-0.4, -0.2) is 179 Å². The fraction of sp³-hybridized carbons (Fsp3) is 0.538. The van der Waals surface area contributed by atoms with Crippen molar-refractivity contribution in [1.82, 2.24) is 45.2 Å². The minimum atomic E-state index is -0.715. The van der Waals surface area contributed by atoms with Crippen molar-refractivity contribution in [2.75, 3.05) is 90.4 Å². The molecule has 4 amide bonds. The Morgan fingerprint density at radius 1 is 0.946 bits per heavy atom. The highest BCUT2D eigenvalue weighted by atomic mass is 32.2. The van der Waals surface area contributed by atoms with Crippen LogP contribution in [0, 0.1) is 17.6 Å². The summed E-state index contributed by atoms with van der Waals surface area (Å²) >= 11 is 1.49. The maximum atomic E-state index is 14.5. The second-order valence-corrected chi connectivity index (χ2v) is 20.3. The highest BCUT2D eigenvalue weighted by molar-refractivity contribution is 8.14. The van der Waals surface area contributed by atoms with Crippen molar-refractivity contribution in [3.63, 3.8) is 0 Å². The predicted octanol–water partition coefficient (Wildman–Crippen LogP) is 4.14. The number of fused-ring (bicyclic) bond motifs is 2. The Morgan fingerprint density at radius 3 is 2.47 bits per heavy atom. The lowest BCUT2D eigenvalue weighted by Crippen LogP contribution is -2.58. The van der Waals surface area contributed by atoms with Crippen molar-refractivity contribution in [1.29, 1.82) is 0 Å². The molecular weight excluding hydrogens is 977 g/mol. The smallest absolute Gasteiger partial charge is 0.259 e. The number of aliphatic imine (C=N–C) groups is 1. The van der Waals surface area contributed by atoms with Crippen LogP contribution < -0.4 is 26.0 Å². The number of thioether (sulfide) groups is 1. The van der Waals surface area contributed by atoms with Gasteiger partial charge in [0.05, 0.1) is 62.3 Å². The third-order valence-electron chi connectivity index (χ3n) is 14.0. The summed E-state index contributed by atoms with van der Waals surface area (Å²) in [6, 6.07) is 9.08. The number of nitrogens with zero attached hydrogens (tertiary/aromatic N) is 7. The summed E-state index contributed by atoms with van der Waals surface area (Å²) in [5.74, 6) is -0.593. The van der Waals surface area contributed by atoms with Gasteiger partial charge in [-0.3, -0.25) is 29.0 Å². The normalized spacial score (nSPS) is 21.4. The van der Waals surface area contributed by atoms with E-state index in [1.807, 2.05) is 18.7 Å². The van der Waals surface area contributed by atoms with E-state index in [1.165, 1.54) is 58.9 Å². The van der Waals surface area contributed by atoms with Crippen LogP contribution in [0.1, 0.15) is 85.2 Å². The monoisotopic (exact) mass is 1040 g/mol. The fourth-order valence-corrected chi connectivity index (χ4v) is 11.0. The molecule has 0 spiro atoms. The van der Waals surface area contributed by atoms with Crippen molar-refractivity contribution in [3.05, 3.63) is 89.2 Å². The van der Waals surface area contributed by atoms with Gasteiger partial charge < -0.3 is 50.2 Å². The van der Waals surface area contributed by atoms with E-state index in [4.69, 9.17) is 19.2 Å². The number of carbonyl (C=O) groups excluding carboxylic acids is 5. The molecule has 4 aromatic rings. The van der Waals surface area contributed by atoms with Crippen LogP contribution >= 0.6 is 11.8 Å². The summed E-state index contributed by atoms with van der Waals surface area (Å²) in [7, 11) is 1.70. The van der Waals surface area contributed by atoms with Crippen molar-refractivity contribution < 1.29 is 47.0 Å². The number of piperidine rings is 1. The van der Waals surface area contributed by atoms with Gasteiger partial charge in [0.2, 0.25) is 17.7 Å². The van der Waals surface area contributed by atoms with Gasteiger partial charge in [-0.1, -0.05) is 0 Å². The highest BCUT2D eigenvalue weighted by Crippen LogP contribution is 2.33. The van der Waals surface area contributed by atoms with Gasteiger partial charge in [-0.25, -0.2) is 18.3 Å². The van der Waals surface area contributed by atoms with Crippen LogP contribution in [0.25, 0.3) is 5.65 Å². The lowest BCUT2D eigenvalue weighted by atomic mass is 9.88. The Labute approximate surface area is 433 Å². The predicted molar refractivity (Wildman–Crippen MR) is 275 cm³/mol. The Hall–Kier alpha value is -6.07. The number of ketones is 1. The van der Waals surface area contributed by atoms with Crippen molar-refractivity contribution in [3.8, 4) is 5.75 Å². The maximum Gasteiger partial charge on any atom is 0.259 e. The SMILES string of the molecule is CN[C@@H](C)C(=O)N[C@H](C(=O)N1CCC[C@H]1C1=NC(C(=O)c2ccc(F)cc2)CS1)C1CCN(CCOCCOCCC(=O)NCCN2C[C@H](C)Oc3ccc(F)cc3C(C)Nc3ccn4ncc(c4n3)C2=O)CC1. The van der Waals surface area contributed by atoms with Gasteiger partial charge in [0.25, 0.3) is 5.91 Å². The topological polar surface area (TPSA) is 213 Å². The van der Waals surface area contributed by atoms with Crippen molar-refractivity contribution in [2.45, 2.75) is 89.2 Å². The molecule has 2 bridgehead atoms. The first-order chi connectivity index (χ1) is 35.8. The third-order valence-corrected chi connectivity index (χ3v) is 15.2. The molecule has 6 atom stereocenters. The summed E-state index contributed by atoms with van der Waals surface area (Å²) in [5.41, 5.74) is 1.65. The largest absolute Gasteiger partial charge is 0.489 e. The second kappa shape index (κ2) is 25.4. The Kier molecular flexibility index (Phi) is 18.6. The zero-order valence-corrected chi connectivity index (χ0v) is 43.2. The first kappa shape index (κ1) is 54.2. The number of Topliss-reactive ketones (excluding diaryl/α,β-unsaturated/α-hetero) is 1. The van der Waals surface area contributed by atoms with Crippen LogP contribution in [0.3, 0.4) is 0 Å². The highest BCUT2D eigenvalue weighted by Gasteiger charge is 2.42. The number of likely N-dealkylation sites (N-methyl/N-ethyl adjacent to an activating group) is 1. The van der Waals surface area contributed by atoms with Gasteiger partial charge in [0, 0.05) is 55.7 Å². The number of benzene rings is 2. The van der Waals surface area contributed by atoms with Crippen LogP contribution in [0.15, 0.2) is 65.9 Å². The number of amides is 4. The van der Waals surface area contributed by atoms with E-state index in [9.17, 15) is 32.8 Å². The molecule has 22 heteroatoms. The van der Waals surface area contributed by atoms with Crippen molar-refractivity contribution in [2.24, 2.45) is 10.9 Å². The van der Waals surface area contributed by atoms with E-state index in [0.717, 1.165) is 31.0 Å². The minimum absolute atomic E-state index is 0.0806. The Balaban J connectivity index is 0.747. The molecule has 0 saturated carbocycles. The molecule has 398 valence electrons. The number of anilines is 1. The summed E-state index contributed by atoms with van der Waals surface area (Å²) < 4.78 is 47.3. The summed E-state index contributed by atoms with van der Waals surface area (Å²) in [4.78, 5) is 82.9. The van der Waals surface area contributed by atoms with Crippen LogP contribution in [0.4, 0.5) is 14.6 Å². The molecule has 4 aliphatic heterocycles. The third kappa shape index (κ3) is 13.6. The van der Waals surface area contributed by atoms with E-state index in [0.29, 0.717) is 85.4 Å². The minimum Gasteiger partial charge on any atom is -0.489 e. The average Bonchev–Trinajstić information content (AvgIpc) is 4.19. The molecule has 0 radical (unpaired) electrons. The lowest BCUT2D eigenvalue weighted by Gasteiger charge is -2.38. The van der Waals surface area contributed by atoms with E-state index < -0.39 is 35.9 Å². The Morgan fingerprint density at radius 2 is 1.70 bits per heavy atom. The number of hydrogen-bond donors (Lipinski definition) is 4. The molecule has 4 aliphatic rings. The lowest BCUT2D eigenvalue weighted by molar-refractivity contribution is -0.138. The van der Waals surface area contributed by atoms with Gasteiger partial charge in [-0.05, 0) is 121 Å². The molecule has 4 N–H and O–H groups in total. The number of aromatic nitrogens is 3. The number of carbonyl (C=O) groups is 5. The average molecular weight is 1040 g/mol. The van der Waals surface area contributed by atoms with E-state index in [-0.39, 0.29) is 80.1 Å². The van der Waals surface area contributed by atoms with Crippen LogP contribution in [0.2, 0.25) is 0 Å². The number of halogens is 2. The first-order valence-corrected chi connectivity index (χ1v) is 26.5. The number of likely N-dealkylation sites (tertiary alicyclic amines) is 2. The second-order valence-electron chi connectivity index (χ2n) is 19.2. The molecule has 2 unspecified atom stereocenters. The van der Waals surface area contributed by atoms with Crippen molar-refractivity contribution >= 4 is 57.7 Å². The molecule has 2 aromatic heterocycles. The van der Waals surface area contributed by atoms with Gasteiger partial charge in [0.1, 0.15) is 47.0 Å². The van der Waals surface area contributed by atoms with Gasteiger partial charge in [0.15, 0.2) is 11.4 Å². The molecule has 6 heterocycles. The van der Waals surface area contributed by atoms with Gasteiger partial charge in [-0.2, -0.15) is 5.10 Å². The molecule has 74 heavy (non-hydrogen) atoms. The number of hydrogen-bond acceptors (Lipinski definition) is 15. The van der Waals surface area contributed by atoms with Gasteiger partial charge in [-0.15, -0.1) is 11.8 Å². The fourth-order valence-electron chi connectivity index (χ4n) is 9.76. The summed E-state index contributed by atoms with van der Waals surface area (Å²) in [6.07, 6.45) is 5.71. The molecular formula is C52H67F2N11O8S. The molecule has 2 aromatic carbocycles. The number of rotatable bonds is 20. The molecule has 8 rings (SSSR count). The number of nitrogens with one attached hydrogen (secondary N) is 4. The zero-order valence-electron chi connectivity index (χ0n) is 42.4. The van der Waals surface area contributed by atoms with Gasteiger partial charge >= 0.3 is 0 Å². The molecule has 19 nitrogen and oxygen atoms in total. The Bertz CT molecular complexity index is 2650. The van der Waals surface area contributed by atoms with Crippen LogP contribution in [-0.2, 0) is 23.9 Å². The van der Waals surface area contributed by atoms with E-state index in [1.54, 1.807) is 37.2 Å². The first-order valence-electron chi connectivity index (χ1n) is 25.6. The quantitative estimate of drug-likeness (QED) is 0.0725. The summed E-state index contributed by atoms with van der Waals surface area (Å²) in [6.45, 7) is 9.98. The van der Waals surface area contributed by atoms with E-state index in [2.05, 4.69) is 36.2 Å². The zero-order chi connectivity index (χ0) is 52.3. The summed E-state index contributed by atoms with van der Waals surface area (Å²) in [5, 5.41) is 17.3. The van der Waals surface area contributed by atoms with E-state index >= 15 is 0 Å². The van der Waals surface area contributed by atoms with Crippen LogP contribution in [0.5, 0.6) is 5.75 Å². The molecule has 0 aliphatic carbocycles. The molecule has 2 fully saturated rings. The number of ether oxygens (including phenoxy) is 3.